The van der Waals surface area contributed by atoms with E-state index in [2.05, 4.69) is 6.92 Å². The summed E-state index contributed by atoms with van der Waals surface area (Å²) < 4.78 is 24.9. The molecule has 94 valence electrons. The maximum Gasteiger partial charge on any atom is 0.304 e. The van der Waals surface area contributed by atoms with E-state index in [-0.39, 0.29) is 12.2 Å². The van der Waals surface area contributed by atoms with Crippen LogP contribution in [0.1, 0.15) is 32.6 Å². The minimum absolute atomic E-state index is 0.279. The highest BCUT2D eigenvalue weighted by atomic mass is 32.2. The predicted octanol–water partition coefficient (Wildman–Crippen LogP) is 0.913. The minimum atomic E-state index is -3.36. The lowest BCUT2D eigenvalue weighted by molar-refractivity contribution is -0.136. The molecule has 0 spiro atoms. The highest BCUT2D eigenvalue weighted by molar-refractivity contribution is 7.89. The quantitative estimate of drug-likeness (QED) is 0.786. The number of piperidine rings is 1. The molecule has 0 aliphatic carbocycles. The normalized spacial score (nSPS) is 19.8. The van der Waals surface area contributed by atoms with Crippen LogP contribution in [0.5, 0.6) is 0 Å². The van der Waals surface area contributed by atoms with Crippen molar-refractivity contribution in [2.75, 3.05) is 18.8 Å². The number of hydrogen-bond acceptors (Lipinski definition) is 3. The van der Waals surface area contributed by atoms with Gasteiger partial charge in [0.2, 0.25) is 10.0 Å². The van der Waals surface area contributed by atoms with E-state index in [0.29, 0.717) is 19.0 Å². The third-order valence-corrected chi connectivity index (χ3v) is 4.99. The molecule has 1 fully saturated rings. The molecule has 1 aliphatic heterocycles. The molecule has 0 atom stereocenters. The Morgan fingerprint density at radius 2 is 1.94 bits per heavy atom. The standard InChI is InChI=1S/C10H19NO4S/c1-2-9-3-6-11(7-4-9)16(14,15)8-5-10(12)13/h9H,2-8H2,1H3,(H,12,13). The van der Waals surface area contributed by atoms with Crippen LogP contribution in [0.25, 0.3) is 0 Å². The molecule has 0 unspecified atom stereocenters. The second-order valence-electron chi connectivity index (χ2n) is 4.21. The first-order valence-corrected chi connectivity index (χ1v) is 7.26. The Bertz CT molecular complexity index is 331. The van der Waals surface area contributed by atoms with Crippen molar-refractivity contribution in [2.24, 2.45) is 5.92 Å². The van der Waals surface area contributed by atoms with Gasteiger partial charge in [0.1, 0.15) is 0 Å². The summed E-state index contributed by atoms with van der Waals surface area (Å²) in [6, 6.07) is 0. The Kier molecular flexibility index (Phi) is 4.73. The molecular formula is C10H19NO4S. The van der Waals surface area contributed by atoms with E-state index in [4.69, 9.17) is 5.11 Å². The van der Waals surface area contributed by atoms with Gasteiger partial charge in [0, 0.05) is 13.1 Å². The van der Waals surface area contributed by atoms with Crippen LogP contribution in [0.15, 0.2) is 0 Å². The molecule has 0 amide bonds. The summed E-state index contributed by atoms with van der Waals surface area (Å²) in [7, 11) is -3.36. The van der Waals surface area contributed by atoms with Crippen molar-refractivity contribution < 1.29 is 18.3 Å². The van der Waals surface area contributed by atoms with Crippen molar-refractivity contribution in [1.29, 1.82) is 0 Å². The molecular weight excluding hydrogens is 230 g/mol. The highest BCUT2D eigenvalue weighted by Gasteiger charge is 2.27. The Hall–Kier alpha value is -0.620. The lowest BCUT2D eigenvalue weighted by Crippen LogP contribution is -2.39. The minimum Gasteiger partial charge on any atom is -0.481 e. The van der Waals surface area contributed by atoms with Crippen molar-refractivity contribution in [2.45, 2.75) is 32.6 Å². The van der Waals surface area contributed by atoms with E-state index in [1.807, 2.05) is 0 Å². The number of aliphatic carboxylic acids is 1. The molecule has 0 bridgehead atoms. The van der Waals surface area contributed by atoms with Gasteiger partial charge in [-0.05, 0) is 18.8 Å². The number of carboxylic acids is 1. The van der Waals surface area contributed by atoms with Crippen molar-refractivity contribution in [1.82, 2.24) is 4.31 Å². The van der Waals surface area contributed by atoms with Crippen LogP contribution in [0.4, 0.5) is 0 Å². The van der Waals surface area contributed by atoms with Crippen molar-refractivity contribution in [3.05, 3.63) is 0 Å². The summed E-state index contributed by atoms with van der Waals surface area (Å²) in [4.78, 5) is 10.3. The van der Waals surface area contributed by atoms with E-state index in [1.165, 1.54) is 4.31 Å². The summed E-state index contributed by atoms with van der Waals surface area (Å²) in [6.45, 7) is 3.19. The van der Waals surface area contributed by atoms with Gasteiger partial charge in [-0.2, -0.15) is 0 Å². The van der Waals surface area contributed by atoms with Gasteiger partial charge < -0.3 is 5.11 Å². The fourth-order valence-corrected chi connectivity index (χ4v) is 3.40. The number of carbonyl (C=O) groups is 1. The molecule has 0 aromatic rings. The van der Waals surface area contributed by atoms with E-state index < -0.39 is 16.0 Å². The summed E-state index contributed by atoms with van der Waals surface area (Å²) >= 11 is 0. The molecule has 6 heteroatoms. The van der Waals surface area contributed by atoms with Crippen LogP contribution in [0.2, 0.25) is 0 Å². The molecule has 16 heavy (non-hydrogen) atoms. The maximum atomic E-state index is 11.7. The lowest BCUT2D eigenvalue weighted by Gasteiger charge is -2.30. The van der Waals surface area contributed by atoms with Gasteiger partial charge in [-0.25, -0.2) is 12.7 Å². The summed E-state index contributed by atoms with van der Waals surface area (Å²) in [5, 5.41) is 8.47. The SMILES string of the molecule is CCC1CCN(S(=O)(=O)CCC(=O)O)CC1. The monoisotopic (exact) mass is 249 g/mol. The molecule has 0 aromatic heterocycles. The Morgan fingerprint density at radius 3 is 2.38 bits per heavy atom. The fourth-order valence-electron chi connectivity index (χ4n) is 1.94. The van der Waals surface area contributed by atoms with Gasteiger partial charge >= 0.3 is 5.97 Å². The van der Waals surface area contributed by atoms with E-state index >= 15 is 0 Å². The first-order chi connectivity index (χ1) is 7.45. The van der Waals surface area contributed by atoms with Crippen molar-refractivity contribution >= 4 is 16.0 Å². The van der Waals surface area contributed by atoms with Crippen LogP contribution < -0.4 is 0 Å². The van der Waals surface area contributed by atoms with Gasteiger partial charge in [-0.3, -0.25) is 4.79 Å². The Balaban J connectivity index is 2.48. The molecule has 0 saturated carbocycles. The van der Waals surface area contributed by atoms with Gasteiger partial charge in [0.05, 0.1) is 12.2 Å². The summed E-state index contributed by atoms with van der Waals surface area (Å²) in [5.41, 5.74) is 0. The molecule has 1 heterocycles. The third kappa shape index (κ3) is 3.75. The number of rotatable bonds is 5. The van der Waals surface area contributed by atoms with E-state index in [9.17, 15) is 13.2 Å². The summed E-state index contributed by atoms with van der Waals surface area (Å²) in [6.07, 6.45) is 2.56. The molecule has 0 aromatic carbocycles. The van der Waals surface area contributed by atoms with Gasteiger partial charge in [-0.1, -0.05) is 13.3 Å². The zero-order chi connectivity index (χ0) is 12.2. The van der Waals surface area contributed by atoms with Crippen LogP contribution in [-0.4, -0.2) is 42.6 Å². The average molecular weight is 249 g/mol. The van der Waals surface area contributed by atoms with Crippen LogP contribution in [0.3, 0.4) is 0 Å². The first kappa shape index (κ1) is 13.4. The average Bonchev–Trinajstić information content (AvgIpc) is 2.27. The number of hydrogen-bond donors (Lipinski definition) is 1. The second kappa shape index (κ2) is 5.63. The van der Waals surface area contributed by atoms with Crippen molar-refractivity contribution in [3.8, 4) is 0 Å². The summed E-state index contributed by atoms with van der Waals surface area (Å²) in [5.74, 6) is -0.725. The zero-order valence-electron chi connectivity index (χ0n) is 9.55. The number of sulfonamides is 1. The second-order valence-corrected chi connectivity index (χ2v) is 6.30. The van der Waals surface area contributed by atoms with Crippen LogP contribution >= 0.6 is 0 Å². The largest absolute Gasteiger partial charge is 0.481 e. The molecule has 1 aliphatic rings. The molecule has 0 radical (unpaired) electrons. The Morgan fingerprint density at radius 1 is 1.38 bits per heavy atom. The van der Waals surface area contributed by atoms with Gasteiger partial charge in [0.15, 0.2) is 0 Å². The van der Waals surface area contributed by atoms with Crippen LogP contribution in [0, 0.1) is 5.92 Å². The topological polar surface area (TPSA) is 74.7 Å². The number of carboxylic acid groups (broad SMARTS) is 1. The lowest BCUT2D eigenvalue weighted by atomic mass is 9.96. The fraction of sp³-hybridized carbons (Fsp3) is 0.900. The molecule has 5 nitrogen and oxygen atoms in total. The predicted molar refractivity (Wildman–Crippen MR) is 60.6 cm³/mol. The smallest absolute Gasteiger partial charge is 0.304 e. The zero-order valence-corrected chi connectivity index (χ0v) is 10.4. The Labute approximate surface area is 96.5 Å². The highest BCUT2D eigenvalue weighted by Crippen LogP contribution is 2.22. The van der Waals surface area contributed by atoms with Gasteiger partial charge in [0.25, 0.3) is 0 Å². The third-order valence-electron chi connectivity index (χ3n) is 3.12. The molecule has 1 saturated heterocycles. The molecule has 1 rings (SSSR count). The number of nitrogens with zero attached hydrogens (tertiary/aromatic N) is 1. The first-order valence-electron chi connectivity index (χ1n) is 5.65. The molecule has 1 N–H and O–H groups in total. The maximum absolute atomic E-state index is 11.7. The van der Waals surface area contributed by atoms with Gasteiger partial charge in [-0.15, -0.1) is 0 Å². The van der Waals surface area contributed by atoms with E-state index in [1.54, 1.807) is 0 Å². The van der Waals surface area contributed by atoms with Crippen molar-refractivity contribution in [3.63, 3.8) is 0 Å². The van der Waals surface area contributed by atoms with Crippen LogP contribution in [-0.2, 0) is 14.8 Å². The van der Waals surface area contributed by atoms with E-state index in [0.717, 1.165) is 19.3 Å².